The van der Waals surface area contributed by atoms with Crippen molar-refractivity contribution in [3.8, 4) is 0 Å². The topological polar surface area (TPSA) is 30.0 Å². The molecule has 0 amide bonds. The molecule has 0 bridgehead atoms. The number of aromatic nitrogens is 1. The van der Waals surface area contributed by atoms with Crippen molar-refractivity contribution in [2.45, 2.75) is 4.90 Å². The van der Waals surface area contributed by atoms with Crippen LogP contribution in [0.15, 0.2) is 70.3 Å². The first-order chi connectivity index (χ1) is 10.2. The van der Waals surface area contributed by atoms with Gasteiger partial charge in [0.1, 0.15) is 0 Å². The van der Waals surface area contributed by atoms with Crippen LogP contribution in [-0.2, 0) is 0 Å². The zero-order chi connectivity index (χ0) is 14.7. The molecule has 0 saturated heterocycles. The van der Waals surface area contributed by atoms with Gasteiger partial charge in [-0.1, -0.05) is 40.2 Å². The van der Waals surface area contributed by atoms with Gasteiger partial charge in [-0.15, -0.1) is 11.8 Å². The minimum absolute atomic E-state index is 0.124. The Kier molecular flexibility index (Phi) is 4.36. The Morgan fingerprint density at radius 2 is 2.00 bits per heavy atom. The lowest BCUT2D eigenvalue weighted by Crippen LogP contribution is -2.03. The van der Waals surface area contributed by atoms with Crippen molar-refractivity contribution >= 4 is 44.2 Å². The van der Waals surface area contributed by atoms with Crippen LogP contribution in [0.1, 0.15) is 10.4 Å². The fourth-order valence-corrected chi connectivity index (χ4v) is 3.53. The third-order valence-electron chi connectivity index (χ3n) is 3.15. The number of carbonyl (C=O) groups is 1. The molecule has 3 aromatic rings. The molecule has 0 aliphatic rings. The number of pyridine rings is 1. The number of ketones is 1. The van der Waals surface area contributed by atoms with Crippen LogP contribution in [0.3, 0.4) is 0 Å². The SMILES string of the molecule is O=C(CSc1cccc(Br)c1)c1cccc2ccncc12. The van der Waals surface area contributed by atoms with Gasteiger partial charge in [0.05, 0.1) is 5.75 Å². The van der Waals surface area contributed by atoms with E-state index in [4.69, 9.17) is 0 Å². The number of halogens is 1. The lowest BCUT2D eigenvalue weighted by Gasteiger charge is -2.05. The smallest absolute Gasteiger partial charge is 0.173 e. The highest BCUT2D eigenvalue weighted by Crippen LogP contribution is 2.24. The number of Topliss-reactive ketones (excluding diaryl/α,β-unsaturated/α-hetero) is 1. The molecule has 2 nitrogen and oxygen atoms in total. The Bertz CT molecular complexity index is 798. The number of carbonyl (C=O) groups excluding carboxylic acids is 1. The van der Waals surface area contributed by atoms with Gasteiger partial charge in [0.15, 0.2) is 5.78 Å². The summed E-state index contributed by atoms with van der Waals surface area (Å²) >= 11 is 4.99. The maximum absolute atomic E-state index is 12.5. The molecule has 3 rings (SSSR count). The molecule has 0 atom stereocenters. The van der Waals surface area contributed by atoms with E-state index in [2.05, 4.69) is 20.9 Å². The van der Waals surface area contributed by atoms with Crippen LogP contribution in [0.25, 0.3) is 10.8 Å². The van der Waals surface area contributed by atoms with Crippen molar-refractivity contribution in [1.29, 1.82) is 0 Å². The molecule has 0 N–H and O–H groups in total. The summed E-state index contributed by atoms with van der Waals surface area (Å²) in [5, 5.41) is 1.96. The molecular formula is C17H12BrNOS. The van der Waals surface area contributed by atoms with E-state index in [1.165, 1.54) is 0 Å². The van der Waals surface area contributed by atoms with Crippen LogP contribution in [0, 0.1) is 0 Å². The summed E-state index contributed by atoms with van der Waals surface area (Å²) < 4.78 is 1.02. The zero-order valence-electron chi connectivity index (χ0n) is 11.1. The van der Waals surface area contributed by atoms with Crippen molar-refractivity contribution < 1.29 is 4.79 Å². The van der Waals surface area contributed by atoms with Crippen LogP contribution in [0.4, 0.5) is 0 Å². The number of nitrogens with zero attached hydrogens (tertiary/aromatic N) is 1. The van der Waals surface area contributed by atoms with Gasteiger partial charge in [-0.3, -0.25) is 9.78 Å². The van der Waals surface area contributed by atoms with Crippen LogP contribution < -0.4 is 0 Å². The van der Waals surface area contributed by atoms with E-state index in [0.29, 0.717) is 5.75 Å². The first-order valence-electron chi connectivity index (χ1n) is 6.48. The minimum Gasteiger partial charge on any atom is -0.293 e. The van der Waals surface area contributed by atoms with Crippen molar-refractivity contribution in [2.75, 3.05) is 5.75 Å². The van der Waals surface area contributed by atoms with Crippen molar-refractivity contribution in [3.63, 3.8) is 0 Å². The Morgan fingerprint density at radius 3 is 2.86 bits per heavy atom. The number of hydrogen-bond acceptors (Lipinski definition) is 3. The van der Waals surface area contributed by atoms with Crippen molar-refractivity contribution in [1.82, 2.24) is 4.98 Å². The van der Waals surface area contributed by atoms with Crippen molar-refractivity contribution in [2.24, 2.45) is 0 Å². The van der Waals surface area contributed by atoms with E-state index in [9.17, 15) is 4.79 Å². The first-order valence-corrected chi connectivity index (χ1v) is 8.26. The molecule has 1 aromatic heterocycles. The lowest BCUT2D eigenvalue weighted by molar-refractivity contribution is 0.102. The van der Waals surface area contributed by atoms with E-state index >= 15 is 0 Å². The molecule has 1 heterocycles. The lowest BCUT2D eigenvalue weighted by atomic mass is 10.0. The Balaban J connectivity index is 1.81. The highest BCUT2D eigenvalue weighted by molar-refractivity contribution is 9.10. The number of thioether (sulfide) groups is 1. The standard InChI is InChI=1S/C17H12BrNOS/c18-13-4-2-5-14(9-13)21-11-17(20)15-6-1-3-12-7-8-19-10-16(12)15/h1-10H,11H2. The maximum Gasteiger partial charge on any atom is 0.173 e. The molecule has 4 heteroatoms. The van der Waals surface area contributed by atoms with E-state index in [1.54, 1.807) is 24.2 Å². The minimum atomic E-state index is 0.124. The molecule has 2 aromatic carbocycles. The predicted molar refractivity (Wildman–Crippen MR) is 90.9 cm³/mol. The summed E-state index contributed by atoms with van der Waals surface area (Å²) in [7, 11) is 0. The Labute approximate surface area is 135 Å². The number of hydrogen-bond donors (Lipinski definition) is 0. The average Bonchev–Trinajstić information content (AvgIpc) is 2.52. The molecule has 0 aliphatic heterocycles. The van der Waals surface area contributed by atoms with Gasteiger partial charge in [-0.25, -0.2) is 0 Å². The van der Waals surface area contributed by atoms with Crippen molar-refractivity contribution in [3.05, 3.63) is 71.0 Å². The van der Waals surface area contributed by atoms with E-state index < -0.39 is 0 Å². The highest BCUT2D eigenvalue weighted by atomic mass is 79.9. The summed E-state index contributed by atoms with van der Waals surface area (Å²) in [5.74, 6) is 0.545. The average molecular weight is 358 g/mol. The summed E-state index contributed by atoms with van der Waals surface area (Å²) in [4.78, 5) is 17.7. The molecule has 104 valence electrons. The summed E-state index contributed by atoms with van der Waals surface area (Å²) in [6, 6.07) is 15.7. The Morgan fingerprint density at radius 1 is 1.14 bits per heavy atom. The zero-order valence-corrected chi connectivity index (χ0v) is 13.5. The first kappa shape index (κ1) is 14.3. The van der Waals surface area contributed by atoms with Gasteiger partial charge in [0, 0.05) is 32.7 Å². The van der Waals surface area contributed by atoms with Gasteiger partial charge in [0.25, 0.3) is 0 Å². The van der Waals surface area contributed by atoms with Crippen LogP contribution in [0.2, 0.25) is 0 Å². The fraction of sp³-hybridized carbons (Fsp3) is 0.0588. The van der Waals surface area contributed by atoms with Crippen LogP contribution >= 0.6 is 27.7 Å². The second-order valence-electron chi connectivity index (χ2n) is 4.57. The fourth-order valence-electron chi connectivity index (χ4n) is 2.14. The van der Waals surface area contributed by atoms with E-state index in [0.717, 1.165) is 25.7 Å². The normalized spacial score (nSPS) is 10.7. The van der Waals surface area contributed by atoms with Gasteiger partial charge >= 0.3 is 0 Å². The molecule has 0 spiro atoms. The van der Waals surface area contributed by atoms with E-state index in [-0.39, 0.29) is 5.78 Å². The van der Waals surface area contributed by atoms with Gasteiger partial charge in [-0.2, -0.15) is 0 Å². The molecule has 0 saturated carbocycles. The second kappa shape index (κ2) is 6.41. The van der Waals surface area contributed by atoms with Crippen LogP contribution in [0.5, 0.6) is 0 Å². The summed E-state index contributed by atoms with van der Waals surface area (Å²) in [6.07, 6.45) is 3.50. The molecule has 0 radical (unpaired) electrons. The number of benzene rings is 2. The largest absolute Gasteiger partial charge is 0.293 e. The molecule has 0 fully saturated rings. The molecule has 0 aliphatic carbocycles. The van der Waals surface area contributed by atoms with Gasteiger partial charge in [0.2, 0.25) is 0 Å². The number of rotatable bonds is 4. The van der Waals surface area contributed by atoms with Gasteiger partial charge < -0.3 is 0 Å². The second-order valence-corrected chi connectivity index (χ2v) is 6.54. The third-order valence-corrected chi connectivity index (χ3v) is 4.64. The monoisotopic (exact) mass is 357 g/mol. The molecular weight excluding hydrogens is 346 g/mol. The third kappa shape index (κ3) is 3.34. The van der Waals surface area contributed by atoms with Gasteiger partial charge in [-0.05, 0) is 29.7 Å². The molecule has 0 unspecified atom stereocenters. The summed E-state index contributed by atoms with van der Waals surface area (Å²) in [6.45, 7) is 0. The summed E-state index contributed by atoms with van der Waals surface area (Å²) in [5.41, 5.74) is 0.739. The maximum atomic E-state index is 12.5. The molecule has 21 heavy (non-hydrogen) atoms. The predicted octanol–water partition coefficient (Wildman–Crippen LogP) is 4.97. The highest BCUT2D eigenvalue weighted by Gasteiger charge is 2.10. The van der Waals surface area contributed by atoms with E-state index in [1.807, 2.05) is 48.5 Å². The van der Waals surface area contributed by atoms with Crippen LogP contribution in [-0.4, -0.2) is 16.5 Å². The Hall–Kier alpha value is -1.65. The quantitative estimate of drug-likeness (QED) is 0.487. The number of fused-ring (bicyclic) bond motifs is 1.